The lowest BCUT2D eigenvalue weighted by atomic mass is 10.1. The van der Waals surface area contributed by atoms with Gasteiger partial charge in [-0.2, -0.15) is 0 Å². The molecule has 0 aliphatic rings. The molecule has 0 saturated heterocycles. The Balaban J connectivity index is 0.00000132. The summed E-state index contributed by atoms with van der Waals surface area (Å²) in [5, 5.41) is 3.02. The van der Waals surface area contributed by atoms with Crippen LogP contribution in [0.3, 0.4) is 0 Å². The number of thiazole rings is 2. The Hall–Kier alpha value is -1.76. The van der Waals surface area contributed by atoms with Crippen LogP contribution in [0.5, 0.6) is 0 Å². The maximum absolute atomic E-state index is 4.53. The molecule has 0 radical (unpaired) electrons. The largest absolute Gasteiger partial charge is 0.342 e. The van der Waals surface area contributed by atoms with Gasteiger partial charge in [0.05, 0.1) is 27.7 Å². The van der Waals surface area contributed by atoms with Crippen LogP contribution in [-0.4, -0.2) is 19.9 Å². The molecule has 0 atom stereocenters. The number of imidazole rings is 1. The van der Waals surface area contributed by atoms with Crippen molar-refractivity contribution < 1.29 is 0 Å². The van der Waals surface area contributed by atoms with E-state index in [0.29, 0.717) is 0 Å². The first-order valence-corrected chi connectivity index (χ1v) is 7.87. The summed E-state index contributed by atoms with van der Waals surface area (Å²) in [6.45, 7) is 2.00. The molecule has 0 fully saturated rings. The predicted molar refractivity (Wildman–Crippen MR) is 90.3 cm³/mol. The number of halogens is 1. The summed E-state index contributed by atoms with van der Waals surface area (Å²) in [5.41, 5.74) is 6.93. The molecular formula is C14H11ClN4S2. The van der Waals surface area contributed by atoms with E-state index in [9.17, 15) is 0 Å². The van der Waals surface area contributed by atoms with Crippen molar-refractivity contribution in [2.75, 3.05) is 0 Å². The number of hydrogen-bond donors (Lipinski definition) is 1. The maximum atomic E-state index is 4.53. The topological polar surface area (TPSA) is 54.5 Å². The minimum absolute atomic E-state index is 0. The number of aromatic amines is 1. The van der Waals surface area contributed by atoms with Crippen molar-refractivity contribution >= 4 is 45.3 Å². The third-order valence-corrected chi connectivity index (χ3v) is 4.85. The number of nitrogens with one attached hydrogen (secondary N) is 1. The van der Waals surface area contributed by atoms with Gasteiger partial charge in [-0.3, -0.25) is 0 Å². The molecule has 0 aliphatic carbocycles. The van der Waals surface area contributed by atoms with Crippen molar-refractivity contribution in [3.63, 3.8) is 0 Å². The molecule has 0 unspecified atom stereocenters. The normalized spacial score (nSPS) is 10.7. The number of rotatable bonds is 2. The Morgan fingerprint density at radius 2 is 2.05 bits per heavy atom. The molecule has 0 saturated carbocycles. The number of nitrogens with zero attached hydrogens (tertiary/aromatic N) is 3. The average molecular weight is 335 g/mol. The lowest BCUT2D eigenvalue weighted by molar-refractivity contribution is 1.25. The van der Waals surface area contributed by atoms with Crippen LogP contribution >= 0.6 is 35.1 Å². The molecule has 3 heterocycles. The Bertz CT molecular complexity index is 893. The standard InChI is InChI=1S/C14H10N4S2.ClH/c1-8-5-19-14(18-8)13-12(15-6-16-13)9-2-3-10-11(4-9)20-7-17-10;/h2-7H,1H3,(H,15,16);1H. The molecule has 4 rings (SSSR count). The first kappa shape index (κ1) is 14.2. The third kappa shape index (κ3) is 2.46. The molecule has 106 valence electrons. The van der Waals surface area contributed by atoms with Gasteiger partial charge in [0.25, 0.3) is 0 Å². The highest BCUT2D eigenvalue weighted by molar-refractivity contribution is 7.16. The molecule has 4 aromatic rings. The molecule has 1 aromatic carbocycles. The van der Waals surface area contributed by atoms with Crippen molar-refractivity contribution in [1.29, 1.82) is 0 Å². The van der Waals surface area contributed by atoms with E-state index >= 15 is 0 Å². The number of fused-ring (bicyclic) bond motifs is 1. The minimum atomic E-state index is 0. The van der Waals surface area contributed by atoms with Gasteiger partial charge in [0.1, 0.15) is 10.7 Å². The quantitative estimate of drug-likeness (QED) is 0.585. The summed E-state index contributed by atoms with van der Waals surface area (Å²) in [6.07, 6.45) is 1.72. The highest BCUT2D eigenvalue weighted by atomic mass is 35.5. The molecular weight excluding hydrogens is 324 g/mol. The second-order valence-corrected chi connectivity index (χ2v) is 6.20. The monoisotopic (exact) mass is 334 g/mol. The molecule has 21 heavy (non-hydrogen) atoms. The first-order valence-electron chi connectivity index (χ1n) is 6.11. The molecule has 0 bridgehead atoms. The van der Waals surface area contributed by atoms with E-state index in [1.54, 1.807) is 29.0 Å². The summed E-state index contributed by atoms with van der Waals surface area (Å²) in [6, 6.07) is 6.22. The Labute approximate surface area is 135 Å². The van der Waals surface area contributed by atoms with Gasteiger partial charge in [0, 0.05) is 16.6 Å². The fourth-order valence-electron chi connectivity index (χ4n) is 2.15. The van der Waals surface area contributed by atoms with E-state index < -0.39 is 0 Å². The Morgan fingerprint density at radius 1 is 1.14 bits per heavy atom. The third-order valence-electron chi connectivity index (χ3n) is 3.08. The molecule has 1 N–H and O–H groups in total. The second kappa shape index (κ2) is 5.55. The van der Waals surface area contributed by atoms with Crippen molar-refractivity contribution in [2.45, 2.75) is 6.92 Å². The van der Waals surface area contributed by atoms with Gasteiger partial charge in [0.15, 0.2) is 0 Å². The average Bonchev–Trinajstić information content (AvgIpc) is 3.17. The van der Waals surface area contributed by atoms with E-state index in [2.05, 4.69) is 32.1 Å². The number of benzene rings is 1. The minimum Gasteiger partial charge on any atom is -0.342 e. The van der Waals surface area contributed by atoms with E-state index in [-0.39, 0.29) is 12.4 Å². The van der Waals surface area contributed by atoms with E-state index in [4.69, 9.17) is 0 Å². The van der Waals surface area contributed by atoms with E-state index in [1.165, 1.54) is 4.70 Å². The second-order valence-electron chi connectivity index (χ2n) is 4.46. The van der Waals surface area contributed by atoms with Gasteiger partial charge in [-0.25, -0.2) is 15.0 Å². The molecule has 7 heteroatoms. The summed E-state index contributed by atoms with van der Waals surface area (Å²) < 4.78 is 1.17. The van der Waals surface area contributed by atoms with Crippen LogP contribution in [-0.2, 0) is 0 Å². The predicted octanol–water partition coefficient (Wildman–Crippen LogP) is 4.54. The fraction of sp³-hybridized carbons (Fsp3) is 0.0714. The number of aryl methyl sites for hydroxylation is 1. The Kier molecular flexibility index (Phi) is 3.75. The Morgan fingerprint density at radius 3 is 2.86 bits per heavy atom. The smallest absolute Gasteiger partial charge is 0.142 e. The number of hydrogen-bond acceptors (Lipinski definition) is 5. The first-order chi connectivity index (χ1) is 9.81. The van der Waals surface area contributed by atoms with Crippen LogP contribution in [0.15, 0.2) is 35.4 Å². The molecule has 0 amide bonds. The lowest BCUT2D eigenvalue weighted by Gasteiger charge is -2.00. The summed E-state index contributed by atoms with van der Waals surface area (Å²) in [7, 11) is 0. The van der Waals surface area contributed by atoms with Crippen LogP contribution in [0.2, 0.25) is 0 Å². The number of H-pyrrole nitrogens is 1. The highest BCUT2D eigenvalue weighted by Gasteiger charge is 2.14. The van der Waals surface area contributed by atoms with Crippen LogP contribution < -0.4 is 0 Å². The molecule has 0 aliphatic heterocycles. The maximum Gasteiger partial charge on any atom is 0.142 e. The van der Waals surface area contributed by atoms with Gasteiger partial charge in [-0.05, 0) is 19.1 Å². The zero-order valence-electron chi connectivity index (χ0n) is 11.0. The van der Waals surface area contributed by atoms with Crippen molar-refractivity contribution in [1.82, 2.24) is 19.9 Å². The van der Waals surface area contributed by atoms with Gasteiger partial charge in [-0.1, -0.05) is 6.07 Å². The molecule has 3 aromatic heterocycles. The SMILES string of the molecule is Cc1csc(-c2[nH]cnc2-c2ccc3ncsc3c2)n1.Cl. The summed E-state index contributed by atoms with van der Waals surface area (Å²) in [4.78, 5) is 16.5. The van der Waals surface area contributed by atoms with Gasteiger partial charge >= 0.3 is 0 Å². The van der Waals surface area contributed by atoms with Crippen LogP contribution in [0.25, 0.3) is 32.2 Å². The van der Waals surface area contributed by atoms with Crippen molar-refractivity contribution in [3.8, 4) is 22.0 Å². The molecule has 4 nitrogen and oxygen atoms in total. The van der Waals surface area contributed by atoms with E-state index in [1.807, 2.05) is 23.9 Å². The summed E-state index contributed by atoms with van der Waals surface area (Å²) >= 11 is 3.27. The van der Waals surface area contributed by atoms with E-state index in [0.717, 1.165) is 33.2 Å². The number of aromatic nitrogens is 4. The highest BCUT2D eigenvalue weighted by Crippen LogP contribution is 2.32. The van der Waals surface area contributed by atoms with Gasteiger partial charge in [-0.15, -0.1) is 35.1 Å². The fourth-order valence-corrected chi connectivity index (χ4v) is 3.67. The van der Waals surface area contributed by atoms with Crippen molar-refractivity contribution in [2.24, 2.45) is 0 Å². The zero-order valence-corrected chi connectivity index (χ0v) is 13.5. The van der Waals surface area contributed by atoms with Crippen LogP contribution in [0.1, 0.15) is 5.69 Å². The summed E-state index contributed by atoms with van der Waals surface area (Å²) in [5.74, 6) is 0. The van der Waals surface area contributed by atoms with Gasteiger partial charge < -0.3 is 4.98 Å². The zero-order chi connectivity index (χ0) is 13.5. The van der Waals surface area contributed by atoms with Gasteiger partial charge in [0.2, 0.25) is 0 Å². The van der Waals surface area contributed by atoms with Crippen LogP contribution in [0.4, 0.5) is 0 Å². The molecule has 0 spiro atoms. The van der Waals surface area contributed by atoms with Crippen molar-refractivity contribution in [3.05, 3.63) is 41.1 Å². The lowest BCUT2D eigenvalue weighted by Crippen LogP contribution is -1.83. The van der Waals surface area contributed by atoms with Crippen LogP contribution in [0, 0.1) is 6.92 Å².